The first-order valence-corrected chi connectivity index (χ1v) is 8.97. The van der Waals surface area contributed by atoms with Crippen LogP contribution in [0.3, 0.4) is 0 Å². The Morgan fingerprint density at radius 3 is 2.85 bits per heavy atom. The molecule has 2 aliphatic heterocycles. The number of hydrogen-bond acceptors (Lipinski definition) is 6. The molecular weight excluding hydrogens is 336 g/mol. The average Bonchev–Trinajstić information content (AvgIpc) is 2.97. The Bertz CT molecular complexity index is 607. The Balaban J connectivity index is 1.47. The Kier molecular flexibility index (Phi) is 6.31. The van der Waals surface area contributed by atoms with Gasteiger partial charge in [0.05, 0.1) is 25.9 Å². The first-order chi connectivity index (χ1) is 12.5. The maximum atomic E-state index is 12.2. The van der Waals surface area contributed by atoms with Gasteiger partial charge in [-0.1, -0.05) is 6.07 Å². The molecule has 2 amide bonds. The largest absolute Gasteiger partial charge is 0.497 e. The van der Waals surface area contributed by atoms with Crippen molar-refractivity contribution in [2.45, 2.75) is 18.2 Å². The topological polar surface area (TPSA) is 86.3 Å². The normalized spacial score (nSPS) is 27.3. The molecular formula is C18H28N4O4. The lowest BCUT2D eigenvalue weighted by Crippen LogP contribution is -2.51. The van der Waals surface area contributed by atoms with Gasteiger partial charge >= 0.3 is 6.03 Å². The van der Waals surface area contributed by atoms with Gasteiger partial charge in [0.25, 0.3) is 0 Å². The van der Waals surface area contributed by atoms with E-state index in [0.717, 1.165) is 26.2 Å². The molecule has 2 fully saturated rings. The minimum atomic E-state index is -0.717. The SMILES string of the molecule is COc1cccc(NC(=O)NC2COC(CN3CCN(C)CC3)C2O)c1. The van der Waals surface area contributed by atoms with E-state index in [2.05, 4.69) is 27.5 Å². The fourth-order valence-corrected chi connectivity index (χ4v) is 3.29. The molecule has 2 heterocycles. The molecule has 144 valence electrons. The summed E-state index contributed by atoms with van der Waals surface area (Å²) < 4.78 is 10.9. The third kappa shape index (κ3) is 4.85. The van der Waals surface area contributed by atoms with Crippen molar-refractivity contribution in [3.63, 3.8) is 0 Å². The number of nitrogens with zero attached hydrogens (tertiary/aromatic N) is 2. The fourth-order valence-electron chi connectivity index (χ4n) is 3.29. The van der Waals surface area contributed by atoms with Gasteiger partial charge in [0, 0.05) is 44.5 Å². The fraction of sp³-hybridized carbons (Fsp3) is 0.611. The van der Waals surface area contributed by atoms with Gasteiger partial charge in [-0.05, 0) is 19.2 Å². The van der Waals surface area contributed by atoms with Crippen molar-refractivity contribution < 1.29 is 19.4 Å². The van der Waals surface area contributed by atoms with Gasteiger partial charge in [-0.15, -0.1) is 0 Å². The molecule has 0 radical (unpaired) electrons. The summed E-state index contributed by atoms with van der Waals surface area (Å²) >= 11 is 0. The number of hydrogen-bond donors (Lipinski definition) is 3. The van der Waals surface area contributed by atoms with E-state index in [9.17, 15) is 9.90 Å². The van der Waals surface area contributed by atoms with Crippen molar-refractivity contribution in [1.82, 2.24) is 15.1 Å². The second-order valence-electron chi connectivity index (χ2n) is 6.90. The van der Waals surface area contributed by atoms with E-state index in [1.807, 2.05) is 0 Å². The Labute approximate surface area is 154 Å². The monoisotopic (exact) mass is 364 g/mol. The number of carbonyl (C=O) groups is 1. The van der Waals surface area contributed by atoms with Crippen molar-refractivity contribution in [3.8, 4) is 5.75 Å². The number of carbonyl (C=O) groups excluding carboxylic acids is 1. The van der Waals surface area contributed by atoms with E-state index in [4.69, 9.17) is 9.47 Å². The third-order valence-corrected chi connectivity index (χ3v) is 4.96. The summed E-state index contributed by atoms with van der Waals surface area (Å²) in [7, 11) is 3.69. The number of anilines is 1. The van der Waals surface area contributed by atoms with E-state index in [1.165, 1.54) is 0 Å². The summed E-state index contributed by atoms with van der Waals surface area (Å²) in [5, 5.41) is 16.1. The van der Waals surface area contributed by atoms with Gasteiger partial charge < -0.3 is 30.1 Å². The summed E-state index contributed by atoms with van der Waals surface area (Å²) in [4.78, 5) is 16.8. The smallest absolute Gasteiger partial charge is 0.319 e. The number of likely N-dealkylation sites (N-methyl/N-ethyl adjacent to an activating group) is 1. The predicted octanol–water partition coefficient (Wildman–Crippen LogP) is 0.192. The second kappa shape index (κ2) is 8.68. The van der Waals surface area contributed by atoms with Crippen LogP contribution < -0.4 is 15.4 Å². The lowest BCUT2D eigenvalue weighted by atomic mass is 10.1. The number of aliphatic hydroxyl groups excluding tert-OH is 1. The molecule has 3 rings (SSSR count). The van der Waals surface area contributed by atoms with E-state index >= 15 is 0 Å². The zero-order valence-electron chi connectivity index (χ0n) is 15.4. The van der Waals surface area contributed by atoms with Crippen LogP contribution in [0.25, 0.3) is 0 Å². The number of amides is 2. The number of benzene rings is 1. The summed E-state index contributed by atoms with van der Waals surface area (Å²) in [5.74, 6) is 0.666. The first-order valence-electron chi connectivity index (χ1n) is 8.97. The van der Waals surface area contributed by atoms with Crippen LogP contribution in [0.4, 0.5) is 10.5 Å². The highest BCUT2D eigenvalue weighted by Gasteiger charge is 2.38. The van der Waals surface area contributed by atoms with Crippen LogP contribution in [-0.2, 0) is 4.74 Å². The molecule has 0 spiro atoms. The third-order valence-electron chi connectivity index (χ3n) is 4.96. The zero-order valence-corrected chi connectivity index (χ0v) is 15.4. The number of rotatable bonds is 5. The number of piperazine rings is 1. The minimum absolute atomic E-state index is 0.277. The molecule has 26 heavy (non-hydrogen) atoms. The maximum Gasteiger partial charge on any atom is 0.319 e. The summed E-state index contributed by atoms with van der Waals surface area (Å²) in [5.41, 5.74) is 0.629. The molecule has 3 N–H and O–H groups in total. The summed E-state index contributed by atoms with van der Waals surface area (Å²) in [6, 6.07) is 6.33. The Morgan fingerprint density at radius 2 is 2.12 bits per heavy atom. The summed E-state index contributed by atoms with van der Waals surface area (Å²) in [6.45, 7) is 4.98. The van der Waals surface area contributed by atoms with Crippen molar-refractivity contribution in [2.75, 3.05) is 58.8 Å². The van der Waals surface area contributed by atoms with Crippen LogP contribution in [0.1, 0.15) is 0 Å². The first kappa shape index (κ1) is 18.9. The standard InChI is InChI=1S/C18H28N4O4/c1-21-6-8-22(9-7-21)11-16-17(23)15(12-26-16)20-18(24)19-13-4-3-5-14(10-13)25-2/h3-5,10,15-17,23H,6-9,11-12H2,1-2H3,(H2,19,20,24). The molecule has 1 aromatic carbocycles. The Morgan fingerprint density at radius 1 is 1.35 bits per heavy atom. The van der Waals surface area contributed by atoms with Crippen molar-refractivity contribution in [2.24, 2.45) is 0 Å². The highest BCUT2D eigenvalue weighted by atomic mass is 16.5. The quantitative estimate of drug-likeness (QED) is 0.692. The van der Waals surface area contributed by atoms with Crippen LogP contribution >= 0.6 is 0 Å². The molecule has 8 nitrogen and oxygen atoms in total. The predicted molar refractivity (Wildman–Crippen MR) is 98.6 cm³/mol. The Hall–Kier alpha value is -1.87. The number of nitrogens with one attached hydrogen (secondary N) is 2. The zero-order chi connectivity index (χ0) is 18.5. The van der Waals surface area contributed by atoms with Gasteiger partial charge in [0.15, 0.2) is 0 Å². The highest BCUT2D eigenvalue weighted by molar-refractivity contribution is 5.89. The molecule has 2 saturated heterocycles. The molecule has 0 bridgehead atoms. The van der Waals surface area contributed by atoms with Gasteiger partial charge in [-0.25, -0.2) is 4.79 Å². The molecule has 0 saturated carbocycles. The molecule has 8 heteroatoms. The lowest BCUT2D eigenvalue weighted by molar-refractivity contribution is 0.00623. The molecule has 3 atom stereocenters. The number of ether oxygens (including phenoxy) is 2. The van der Waals surface area contributed by atoms with Gasteiger partial charge in [0.1, 0.15) is 11.9 Å². The van der Waals surface area contributed by atoms with Crippen molar-refractivity contribution in [1.29, 1.82) is 0 Å². The van der Waals surface area contributed by atoms with E-state index < -0.39 is 12.1 Å². The lowest BCUT2D eigenvalue weighted by Gasteiger charge is -2.34. The summed E-state index contributed by atoms with van der Waals surface area (Å²) in [6.07, 6.45) is -0.994. The molecule has 0 aromatic heterocycles. The van der Waals surface area contributed by atoms with E-state index in [1.54, 1.807) is 31.4 Å². The van der Waals surface area contributed by atoms with Crippen LogP contribution in [0.2, 0.25) is 0 Å². The number of urea groups is 1. The van der Waals surface area contributed by atoms with E-state index in [-0.39, 0.29) is 12.1 Å². The number of methoxy groups -OCH3 is 1. The van der Waals surface area contributed by atoms with Gasteiger partial charge in [0.2, 0.25) is 0 Å². The van der Waals surface area contributed by atoms with Gasteiger partial charge in [-0.2, -0.15) is 0 Å². The molecule has 0 aliphatic carbocycles. The van der Waals surface area contributed by atoms with Crippen LogP contribution in [0.5, 0.6) is 5.75 Å². The van der Waals surface area contributed by atoms with Crippen LogP contribution in [-0.4, -0.2) is 92.7 Å². The van der Waals surface area contributed by atoms with Crippen LogP contribution in [0.15, 0.2) is 24.3 Å². The van der Waals surface area contributed by atoms with Gasteiger partial charge in [-0.3, -0.25) is 4.90 Å². The van der Waals surface area contributed by atoms with Crippen molar-refractivity contribution in [3.05, 3.63) is 24.3 Å². The van der Waals surface area contributed by atoms with Crippen molar-refractivity contribution >= 4 is 11.7 Å². The molecule has 2 aliphatic rings. The average molecular weight is 364 g/mol. The second-order valence-corrected chi connectivity index (χ2v) is 6.90. The maximum absolute atomic E-state index is 12.2. The highest BCUT2D eigenvalue weighted by Crippen LogP contribution is 2.18. The van der Waals surface area contributed by atoms with E-state index in [0.29, 0.717) is 24.6 Å². The molecule has 3 unspecified atom stereocenters. The van der Waals surface area contributed by atoms with Crippen LogP contribution in [0, 0.1) is 0 Å². The molecule has 1 aromatic rings. The minimum Gasteiger partial charge on any atom is -0.497 e. The number of aliphatic hydroxyl groups is 1.